The zero-order valence-corrected chi connectivity index (χ0v) is 11.5. The molecule has 4 rings (SSSR count). The van der Waals surface area contributed by atoms with Gasteiger partial charge in [-0.3, -0.25) is 9.59 Å². The summed E-state index contributed by atoms with van der Waals surface area (Å²) in [6, 6.07) is 7.26. The van der Waals surface area contributed by atoms with E-state index < -0.39 is 6.29 Å². The van der Waals surface area contributed by atoms with Crippen molar-refractivity contribution in [2.45, 2.75) is 12.4 Å². The molecule has 3 fully saturated rings. The number of ether oxygens (including phenoxy) is 2. The van der Waals surface area contributed by atoms with Gasteiger partial charge in [0.25, 0.3) is 0 Å². The van der Waals surface area contributed by atoms with Crippen LogP contribution in [-0.4, -0.2) is 30.6 Å². The molecule has 5 heteroatoms. The molecule has 2 bridgehead atoms. The number of halogens is 1. The van der Waals surface area contributed by atoms with E-state index in [0.29, 0.717) is 12.2 Å². The Hall–Kier alpha value is -1.04. The second-order valence-corrected chi connectivity index (χ2v) is 6.16. The Labute approximate surface area is 118 Å². The van der Waals surface area contributed by atoms with E-state index in [-0.39, 0.29) is 35.4 Å². The van der Waals surface area contributed by atoms with Crippen LogP contribution >= 0.6 is 15.9 Å². The van der Waals surface area contributed by atoms with Crippen LogP contribution in [0.2, 0.25) is 0 Å². The SMILES string of the molecule is O=C(c1ccc(Br)cc1)[C@@H]1[C@H]2C(=O)[C@@H]3OC[C@H](O3)[C@H]12. The standard InChI is InChI=1S/C14H11BrO4/c15-7-3-1-6(2-4-7)12(16)10-9-8-5-18-14(19-8)13(17)11(9)10/h1-4,8-11,14H,5H2/t8-,9+,10-,11-,14+/m0/s1. The zero-order chi connectivity index (χ0) is 13.1. The maximum absolute atomic E-state index is 12.4. The van der Waals surface area contributed by atoms with Crippen LogP contribution in [0.15, 0.2) is 28.7 Å². The molecule has 0 radical (unpaired) electrons. The molecule has 1 aromatic rings. The van der Waals surface area contributed by atoms with Crippen molar-refractivity contribution < 1.29 is 19.1 Å². The predicted molar refractivity (Wildman–Crippen MR) is 68.6 cm³/mol. The molecule has 0 spiro atoms. The highest BCUT2D eigenvalue weighted by Crippen LogP contribution is 2.57. The van der Waals surface area contributed by atoms with Crippen LogP contribution in [0, 0.1) is 17.8 Å². The first kappa shape index (κ1) is 11.8. The molecule has 1 aromatic carbocycles. The number of carbonyl (C=O) groups excluding carboxylic acids is 2. The lowest BCUT2D eigenvalue weighted by Gasteiger charge is -2.14. The van der Waals surface area contributed by atoms with E-state index in [1.54, 1.807) is 12.1 Å². The van der Waals surface area contributed by atoms with E-state index in [4.69, 9.17) is 9.47 Å². The van der Waals surface area contributed by atoms with Crippen molar-refractivity contribution in [1.29, 1.82) is 0 Å². The van der Waals surface area contributed by atoms with Crippen LogP contribution in [0.4, 0.5) is 0 Å². The van der Waals surface area contributed by atoms with Crippen LogP contribution in [0.1, 0.15) is 10.4 Å². The summed E-state index contributed by atoms with van der Waals surface area (Å²) in [5.41, 5.74) is 0.659. The van der Waals surface area contributed by atoms with Crippen LogP contribution in [0.5, 0.6) is 0 Å². The highest BCUT2D eigenvalue weighted by molar-refractivity contribution is 9.10. The Morgan fingerprint density at radius 2 is 2.00 bits per heavy atom. The van der Waals surface area contributed by atoms with Crippen molar-refractivity contribution in [2.75, 3.05) is 6.61 Å². The van der Waals surface area contributed by atoms with E-state index >= 15 is 0 Å². The van der Waals surface area contributed by atoms with Gasteiger partial charge in [0, 0.05) is 27.8 Å². The van der Waals surface area contributed by atoms with Crippen LogP contribution < -0.4 is 0 Å². The summed E-state index contributed by atoms with van der Waals surface area (Å²) in [5.74, 6) is -0.404. The highest BCUT2D eigenvalue weighted by atomic mass is 79.9. The molecule has 1 saturated carbocycles. The van der Waals surface area contributed by atoms with Gasteiger partial charge in [0.1, 0.15) is 0 Å². The van der Waals surface area contributed by atoms with Gasteiger partial charge in [0.05, 0.1) is 12.7 Å². The average molecular weight is 323 g/mol. The largest absolute Gasteiger partial charge is 0.343 e. The number of fused-ring (bicyclic) bond motifs is 4. The second-order valence-electron chi connectivity index (χ2n) is 5.24. The summed E-state index contributed by atoms with van der Waals surface area (Å²) in [6.07, 6.45) is -0.814. The Balaban J connectivity index is 1.60. The summed E-state index contributed by atoms with van der Waals surface area (Å²) in [7, 11) is 0. The van der Waals surface area contributed by atoms with Crippen LogP contribution in [0.25, 0.3) is 0 Å². The van der Waals surface area contributed by atoms with Gasteiger partial charge in [-0.15, -0.1) is 0 Å². The normalized spacial score (nSPS) is 39.0. The van der Waals surface area contributed by atoms with Gasteiger partial charge >= 0.3 is 0 Å². The van der Waals surface area contributed by atoms with Crippen LogP contribution in [0.3, 0.4) is 0 Å². The Kier molecular flexibility index (Phi) is 2.46. The quantitative estimate of drug-likeness (QED) is 0.779. The van der Waals surface area contributed by atoms with Gasteiger partial charge in [0.2, 0.25) is 6.29 Å². The van der Waals surface area contributed by atoms with E-state index in [9.17, 15) is 9.59 Å². The molecule has 98 valence electrons. The molecule has 2 aliphatic heterocycles. The number of hydrogen-bond acceptors (Lipinski definition) is 4. The van der Waals surface area contributed by atoms with E-state index in [1.165, 1.54) is 0 Å². The van der Waals surface area contributed by atoms with Crippen LogP contribution in [-0.2, 0) is 14.3 Å². The van der Waals surface area contributed by atoms with Gasteiger partial charge in [-0.1, -0.05) is 28.1 Å². The van der Waals surface area contributed by atoms with Crippen molar-refractivity contribution in [1.82, 2.24) is 0 Å². The minimum atomic E-state index is -0.728. The van der Waals surface area contributed by atoms with Gasteiger partial charge in [-0.2, -0.15) is 0 Å². The fraction of sp³-hybridized carbons (Fsp3) is 0.429. The predicted octanol–water partition coefficient (Wildman–Crippen LogP) is 1.82. The molecule has 4 nitrogen and oxygen atoms in total. The molecule has 0 amide bonds. The summed E-state index contributed by atoms with van der Waals surface area (Å²) >= 11 is 3.34. The van der Waals surface area contributed by atoms with Crippen molar-refractivity contribution in [2.24, 2.45) is 17.8 Å². The molecular weight excluding hydrogens is 312 g/mol. The minimum Gasteiger partial charge on any atom is -0.343 e. The second kappa shape index (κ2) is 3.98. The molecular formula is C14H11BrO4. The fourth-order valence-corrected chi connectivity index (χ4v) is 3.50. The lowest BCUT2D eigenvalue weighted by atomic mass is 10.0. The molecule has 2 saturated heterocycles. The summed E-state index contributed by atoms with van der Waals surface area (Å²) in [4.78, 5) is 24.5. The monoisotopic (exact) mass is 322 g/mol. The molecule has 5 atom stereocenters. The molecule has 0 aromatic heterocycles. The topological polar surface area (TPSA) is 52.6 Å². The third-order valence-electron chi connectivity index (χ3n) is 4.21. The van der Waals surface area contributed by atoms with E-state index in [2.05, 4.69) is 15.9 Å². The number of hydrogen-bond donors (Lipinski definition) is 0. The minimum absolute atomic E-state index is 0.0161. The number of benzene rings is 1. The molecule has 19 heavy (non-hydrogen) atoms. The summed E-state index contributed by atoms with van der Waals surface area (Å²) in [6.45, 7) is 0.432. The Morgan fingerprint density at radius 1 is 1.26 bits per heavy atom. The maximum atomic E-state index is 12.4. The molecule has 0 unspecified atom stereocenters. The number of carbonyl (C=O) groups is 2. The van der Waals surface area contributed by atoms with Crippen molar-refractivity contribution in [3.8, 4) is 0 Å². The maximum Gasteiger partial charge on any atom is 0.218 e. The van der Waals surface area contributed by atoms with Gasteiger partial charge in [0.15, 0.2) is 11.6 Å². The van der Waals surface area contributed by atoms with Gasteiger partial charge in [-0.05, 0) is 12.1 Å². The van der Waals surface area contributed by atoms with Crippen molar-refractivity contribution >= 4 is 27.5 Å². The molecule has 3 aliphatic rings. The summed E-state index contributed by atoms with van der Waals surface area (Å²) < 4.78 is 11.7. The Morgan fingerprint density at radius 3 is 2.74 bits per heavy atom. The first-order valence-electron chi connectivity index (χ1n) is 6.27. The first-order valence-corrected chi connectivity index (χ1v) is 7.06. The van der Waals surface area contributed by atoms with Gasteiger partial charge < -0.3 is 9.47 Å². The Bertz CT molecular complexity index is 567. The van der Waals surface area contributed by atoms with E-state index in [1.807, 2.05) is 12.1 Å². The van der Waals surface area contributed by atoms with Crippen molar-refractivity contribution in [3.05, 3.63) is 34.3 Å². The summed E-state index contributed by atoms with van der Waals surface area (Å²) in [5, 5.41) is 0. The third kappa shape index (κ3) is 1.65. The average Bonchev–Trinajstić information content (AvgIpc) is 3.02. The van der Waals surface area contributed by atoms with Crippen molar-refractivity contribution in [3.63, 3.8) is 0 Å². The number of Topliss-reactive ketones (excluding diaryl/α,β-unsaturated/α-hetero) is 2. The number of ketones is 2. The molecule has 2 heterocycles. The third-order valence-corrected chi connectivity index (χ3v) is 4.74. The highest BCUT2D eigenvalue weighted by Gasteiger charge is 2.68. The van der Waals surface area contributed by atoms with E-state index in [0.717, 1.165) is 4.47 Å². The lowest BCUT2D eigenvalue weighted by Crippen LogP contribution is -2.30. The zero-order valence-electron chi connectivity index (χ0n) is 9.91. The molecule has 1 aliphatic carbocycles. The first-order chi connectivity index (χ1) is 9.16. The number of rotatable bonds is 2. The lowest BCUT2D eigenvalue weighted by molar-refractivity contribution is -0.153. The smallest absolute Gasteiger partial charge is 0.218 e. The fourth-order valence-electron chi connectivity index (χ4n) is 3.24. The molecule has 0 N–H and O–H groups in total. The van der Waals surface area contributed by atoms with Gasteiger partial charge in [-0.25, -0.2) is 0 Å².